The topological polar surface area (TPSA) is 79.6 Å². The van der Waals surface area contributed by atoms with Crippen LogP contribution in [-0.2, 0) is 12.1 Å². The molecule has 2 aromatic heterocycles. The number of hydrogen-bond donors (Lipinski definition) is 2. The molecule has 0 fully saturated rings. The first kappa shape index (κ1) is 15.9. The van der Waals surface area contributed by atoms with E-state index in [2.05, 4.69) is 20.1 Å². The fraction of sp³-hybridized carbons (Fsp3) is 0.167. The number of aromatic nitrogens is 5. The van der Waals surface area contributed by atoms with E-state index in [1.807, 2.05) is 54.6 Å². The highest BCUT2D eigenvalue weighted by molar-refractivity contribution is 7.99. The van der Waals surface area contributed by atoms with Crippen LogP contribution in [0.15, 0.2) is 72.4 Å². The van der Waals surface area contributed by atoms with Gasteiger partial charge in [-0.25, -0.2) is 14.6 Å². The Labute approximate surface area is 148 Å². The molecule has 6 nitrogen and oxygen atoms in total. The fourth-order valence-electron chi connectivity index (χ4n) is 2.74. The molecule has 126 valence electrons. The van der Waals surface area contributed by atoms with Crippen LogP contribution in [0.5, 0.6) is 0 Å². The quantitative estimate of drug-likeness (QED) is 0.522. The van der Waals surface area contributed by atoms with Crippen molar-refractivity contribution in [1.29, 1.82) is 0 Å². The molecule has 4 rings (SSSR count). The number of thioether (sulfide) groups is 1. The van der Waals surface area contributed by atoms with Gasteiger partial charge in [-0.15, -0.1) is 0 Å². The molecule has 0 radical (unpaired) electrons. The van der Waals surface area contributed by atoms with Crippen molar-refractivity contribution in [3.63, 3.8) is 0 Å². The van der Waals surface area contributed by atoms with E-state index in [-0.39, 0.29) is 0 Å². The molecule has 1 unspecified atom stereocenters. The van der Waals surface area contributed by atoms with E-state index in [0.717, 1.165) is 21.8 Å². The Morgan fingerprint density at radius 1 is 1.08 bits per heavy atom. The lowest BCUT2D eigenvalue weighted by atomic mass is 9.96. The van der Waals surface area contributed by atoms with E-state index in [1.165, 1.54) is 18.1 Å². The Morgan fingerprint density at radius 2 is 1.88 bits per heavy atom. The van der Waals surface area contributed by atoms with E-state index in [9.17, 15) is 5.11 Å². The van der Waals surface area contributed by atoms with Crippen LogP contribution in [0.25, 0.3) is 11.0 Å². The van der Waals surface area contributed by atoms with Crippen molar-refractivity contribution in [2.24, 2.45) is 0 Å². The average Bonchev–Trinajstić information content (AvgIpc) is 3.30. The van der Waals surface area contributed by atoms with Crippen molar-refractivity contribution in [3.05, 3.63) is 72.8 Å². The van der Waals surface area contributed by atoms with E-state index < -0.39 is 5.60 Å². The van der Waals surface area contributed by atoms with Gasteiger partial charge in [0.05, 0.1) is 17.6 Å². The third kappa shape index (κ3) is 3.42. The zero-order valence-corrected chi connectivity index (χ0v) is 14.2. The summed E-state index contributed by atoms with van der Waals surface area (Å²) in [6.45, 7) is 0.324. The summed E-state index contributed by atoms with van der Waals surface area (Å²) < 4.78 is 1.65. The second kappa shape index (κ2) is 6.70. The lowest BCUT2D eigenvalue weighted by Gasteiger charge is -2.27. The summed E-state index contributed by atoms with van der Waals surface area (Å²) in [7, 11) is 0. The maximum atomic E-state index is 11.3. The van der Waals surface area contributed by atoms with Gasteiger partial charge in [0.15, 0.2) is 5.16 Å². The van der Waals surface area contributed by atoms with Crippen LogP contribution in [0.1, 0.15) is 5.56 Å². The molecule has 0 saturated heterocycles. The number of para-hydroxylation sites is 2. The second-order valence-electron chi connectivity index (χ2n) is 5.84. The highest BCUT2D eigenvalue weighted by Gasteiger charge is 2.31. The highest BCUT2D eigenvalue weighted by atomic mass is 32.2. The smallest absolute Gasteiger partial charge is 0.166 e. The van der Waals surface area contributed by atoms with Crippen LogP contribution < -0.4 is 0 Å². The van der Waals surface area contributed by atoms with Gasteiger partial charge in [0.1, 0.15) is 18.3 Å². The molecule has 7 heteroatoms. The maximum absolute atomic E-state index is 11.3. The Balaban J connectivity index is 1.59. The predicted octanol–water partition coefficient (Wildman–Crippen LogP) is 2.83. The average molecular weight is 351 g/mol. The van der Waals surface area contributed by atoms with Gasteiger partial charge in [0, 0.05) is 5.75 Å². The largest absolute Gasteiger partial charge is 0.382 e. The number of aromatic amines is 1. The summed E-state index contributed by atoms with van der Waals surface area (Å²) in [5, 5.41) is 16.3. The third-order valence-corrected chi connectivity index (χ3v) is 5.11. The fourth-order valence-corrected chi connectivity index (χ4v) is 3.72. The van der Waals surface area contributed by atoms with E-state index in [4.69, 9.17) is 0 Å². The number of hydrogen-bond acceptors (Lipinski definition) is 5. The lowest BCUT2D eigenvalue weighted by Crippen LogP contribution is -2.34. The molecule has 0 aliphatic rings. The monoisotopic (exact) mass is 351 g/mol. The summed E-state index contributed by atoms with van der Waals surface area (Å²) >= 11 is 1.49. The molecule has 2 N–H and O–H groups in total. The summed E-state index contributed by atoms with van der Waals surface area (Å²) in [4.78, 5) is 11.8. The first-order chi connectivity index (χ1) is 12.2. The van der Waals surface area contributed by atoms with Crippen LogP contribution in [0.2, 0.25) is 0 Å². The van der Waals surface area contributed by atoms with Crippen LogP contribution in [0, 0.1) is 0 Å². The number of fused-ring (bicyclic) bond motifs is 1. The van der Waals surface area contributed by atoms with Crippen molar-refractivity contribution in [2.75, 3.05) is 5.75 Å². The van der Waals surface area contributed by atoms with Gasteiger partial charge in [-0.2, -0.15) is 5.10 Å². The molecule has 2 aromatic carbocycles. The van der Waals surface area contributed by atoms with E-state index in [1.54, 1.807) is 11.0 Å². The first-order valence-corrected chi connectivity index (χ1v) is 8.89. The Kier molecular flexibility index (Phi) is 4.25. The van der Waals surface area contributed by atoms with Gasteiger partial charge in [-0.3, -0.25) is 0 Å². The molecular formula is C18H17N5OS. The molecule has 0 aliphatic carbocycles. The lowest BCUT2D eigenvalue weighted by molar-refractivity contribution is 0.0396. The van der Waals surface area contributed by atoms with E-state index >= 15 is 0 Å². The Morgan fingerprint density at radius 3 is 2.64 bits per heavy atom. The minimum absolute atomic E-state index is 0.324. The van der Waals surface area contributed by atoms with Gasteiger partial charge < -0.3 is 10.1 Å². The number of nitrogens with one attached hydrogen (secondary N) is 1. The minimum Gasteiger partial charge on any atom is -0.382 e. The molecule has 1 atom stereocenters. The van der Waals surface area contributed by atoms with Gasteiger partial charge in [-0.05, 0) is 17.7 Å². The molecule has 0 spiro atoms. The summed E-state index contributed by atoms with van der Waals surface area (Å²) in [6.07, 6.45) is 3.08. The number of imidazole rings is 1. The standard InChI is InChI=1S/C18H17N5OS/c24-18(10-23-13-19-12-20-23,14-6-2-1-3-7-14)11-25-17-21-15-8-4-5-9-16(15)22-17/h1-9,12-13,24H,10-11H2,(H,21,22). The number of H-pyrrole nitrogens is 1. The summed E-state index contributed by atoms with van der Waals surface area (Å²) in [6, 6.07) is 17.5. The van der Waals surface area contributed by atoms with E-state index in [0.29, 0.717) is 12.3 Å². The Hall–Kier alpha value is -2.64. The van der Waals surface area contributed by atoms with Gasteiger partial charge in [0.25, 0.3) is 0 Å². The molecule has 25 heavy (non-hydrogen) atoms. The highest BCUT2D eigenvalue weighted by Crippen LogP contribution is 2.31. The van der Waals surface area contributed by atoms with Crippen molar-refractivity contribution in [3.8, 4) is 0 Å². The van der Waals surface area contributed by atoms with Gasteiger partial charge in [-0.1, -0.05) is 54.2 Å². The van der Waals surface area contributed by atoms with Crippen LogP contribution >= 0.6 is 11.8 Å². The van der Waals surface area contributed by atoms with Crippen molar-refractivity contribution in [2.45, 2.75) is 17.3 Å². The zero-order valence-electron chi connectivity index (χ0n) is 13.4. The Bertz CT molecular complexity index is 921. The molecule has 4 aromatic rings. The normalized spacial score (nSPS) is 13.8. The molecule has 0 saturated carbocycles. The van der Waals surface area contributed by atoms with Crippen molar-refractivity contribution in [1.82, 2.24) is 24.7 Å². The summed E-state index contributed by atoms with van der Waals surface area (Å²) in [5.74, 6) is 0.441. The van der Waals surface area contributed by atoms with Crippen LogP contribution in [0.3, 0.4) is 0 Å². The molecule has 0 amide bonds. The number of rotatable bonds is 6. The first-order valence-electron chi connectivity index (χ1n) is 7.91. The summed E-state index contributed by atoms with van der Waals surface area (Å²) in [5.41, 5.74) is 1.67. The molecule has 0 bridgehead atoms. The predicted molar refractivity (Wildman–Crippen MR) is 97.2 cm³/mol. The van der Waals surface area contributed by atoms with Gasteiger partial charge in [0.2, 0.25) is 0 Å². The van der Waals surface area contributed by atoms with Crippen LogP contribution in [0.4, 0.5) is 0 Å². The minimum atomic E-state index is -1.08. The second-order valence-corrected chi connectivity index (χ2v) is 6.80. The van der Waals surface area contributed by atoms with Crippen LogP contribution in [-0.4, -0.2) is 35.6 Å². The molecule has 2 heterocycles. The van der Waals surface area contributed by atoms with Crippen molar-refractivity contribution < 1.29 is 5.11 Å². The maximum Gasteiger partial charge on any atom is 0.166 e. The number of benzene rings is 2. The third-order valence-electron chi connectivity index (χ3n) is 4.02. The zero-order chi connectivity index (χ0) is 17.1. The van der Waals surface area contributed by atoms with Gasteiger partial charge >= 0.3 is 0 Å². The SMILES string of the molecule is OC(CSc1nc2ccccc2[nH]1)(Cn1cncn1)c1ccccc1. The molecular weight excluding hydrogens is 334 g/mol. The number of aliphatic hydroxyl groups is 1. The number of nitrogens with zero attached hydrogens (tertiary/aromatic N) is 4. The molecule has 0 aliphatic heterocycles. The van der Waals surface area contributed by atoms with Crippen molar-refractivity contribution >= 4 is 22.8 Å².